The standard InChI is InChI=1S/C17H25N3O3/c1-17(2,3)16(22)23-20-11-9-19(10-12-20)15(21)7-6-14-5-4-8-18-13-14/h4-5,8,13H,6-7,9-12H2,1-3H3. The zero-order valence-electron chi connectivity index (χ0n) is 14.1. The molecule has 0 bridgehead atoms. The maximum absolute atomic E-state index is 12.2. The highest BCUT2D eigenvalue weighted by Gasteiger charge is 2.28. The first-order valence-corrected chi connectivity index (χ1v) is 8.00. The molecule has 0 aliphatic carbocycles. The van der Waals surface area contributed by atoms with E-state index in [-0.39, 0.29) is 11.9 Å². The van der Waals surface area contributed by atoms with Crippen LogP contribution in [0, 0.1) is 5.41 Å². The molecule has 2 heterocycles. The van der Waals surface area contributed by atoms with Crippen LogP contribution in [0.2, 0.25) is 0 Å². The lowest BCUT2D eigenvalue weighted by Gasteiger charge is -2.34. The molecule has 1 aromatic rings. The lowest BCUT2D eigenvalue weighted by atomic mass is 9.98. The Labute approximate surface area is 137 Å². The third kappa shape index (κ3) is 5.32. The van der Waals surface area contributed by atoms with Crippen LogP contribution >= 0.6 is 0 Å². The van der Waals surface area contributed by atoms with Crippen LogP contribution in [0.1, 0.15) is 32.8 Å². The highest BCUT2D eigenvalue weighted by atomic mass is 16.7. The molecule has 0 N–H and O–H groups in total. The Hall–Kier alpha value is -1.95. The van der Waals surface area contributed by atoms with E-state index >= 15 is 0 Å². The van der Waals surface area contributed by atoms with E-state index in [9.17, 15) is 9.59 Å². The average molecular weight is 319 g/mol. The Morgan fingerprint density at radius 2 is 1.91 bits per heavy atom. The van der Waals surface area contributed by atoms with Gasteiger partial charge >= 0.3 is 5.97 Å². The number of hydrogen-bond donors (Lipinski definition) is 0. The van der Waals surface area contributed by atoms with Crippen molar-refractivity contribution in [1.82, 2.24) is 14.9 Å². The van der Waals surface area contributed by atoms with Crippen LogP contribution in [0.25, 0.3) is 0 Å². The minimum absolute atomic E-state index is 0.135. The summed E-state index contributed by atoms with van der Waals surface area (Å²) in [6, 6.07) is 3.85. The molecular weight excluding hydrogens is 294 g/mol. The van der Waals surface area contributed by atoms with Crippen molar-refractivity contribution in [2.75, 3.05) is 26.2 Å². The molecule has 126 valence electrons. The van der Waals surface area contributed by atoms with Gasteiger partial charge in [-0.1, -0.05) is 6.07 Å². The summed E-state index contributed by atoms with van der Waals surface area (Å²) in [4.78, 5) is 35.3. The molecule has 0 saturated carbocycles. The summed E-state index contributed by atoms with van der Waals surface area (Å²) in [5.41, 5.74) is 0.551. The summed E-state index contributed by atoms with van der Waals surface area (Å²) in [5, 5.41) is 1.65. The molecule has 1 aliphatic rings. The number of hydroxylamine groups is 2. The smallest absolute Gasteiger partial charge is 0.330 e. The van der Waals surface area contributed by atoms with E-state index in [0.29, 0.717) is 39.0 Å². The van der Waals surface area contributed by atoms with Crippen LogP contribution in [0.3, 0.4) is 0 Å². The van der Waals surface area contributed by atoms with Gasteiger partial charge in [0.1, 0.15) is 0 Å². The number of aryl methyl sites for hydroxylation is 1. The van der Waals surface area contributed by atoms with E-state index < -0.39 is 5.41 Å². The van der Waals surface area contributed by atoms with Crippen LogP contribution in [-0.4, -0.2) is 53.0 Å². The predicted molar refractivity (Wildman–Crippen MR) is 86.3 cm³/mol. The number of aromatic nitrogens is 1. The Morgan fingerprint density at radius 3 is 2.48 bits per heavy atom. The van der Waals surface area contributed by atoms with Crippen LogP contribution in [0.5, 0.6) is 0 Å². The van der Waals surface area contributed by atoms with Crippen LogP contribution < -0.4 is 0 Å². The number of amides is 1. The molecule has 0 spiro atoms. The SMILES string of the molecule is CC(C)(C)C(=O)ON1CCN(C(=O)CCc2cccnc2)CC1. The molecule has 6 nitrogen and oxygen atoms in total. The molecule has 1 amide bonds. The van der Waals surface area contributed by atoms with E-state index in [1.165, 1.54) is 0 Å². The number of rotatable bonds is 4. The highest BCUT2D eigenvalue weighted by Crippen LogP contribution is 2.17. The summed E-state index contributed by atoms with van der Waals surface area (Å²) in [5.74, 6) is -0.107. The number of pyridine rings is 1. The Kier molecular flexibility index (Phi) is 5.71. The second-order valence-electron chi connectivity index (χ2n) is 6.80. The van der Waals surface area contributed by atoms with Gasteiger partial charge in [0, 0.05) is 31.9 Å². The number of nitrogens with zero attached hydrogens (tertiary/aromatic N) is 3. The fourth-order valence-corrected chi connectivity index (χ4v) is 2.24. The van der Waals surface area contributed by atoms with Crippen molar-refractivity contribution in [3.05, 3.63) is 30.1 Å². The summed E-state index contributed by atoms with van der Waals surface area (Å²) in [7, 11) is 0. The molecule has 1 aliphatic heterocycles. The number of hydrogen-bond acceptors (Lipinski definition) is 5. The first kappa shape index (κ1) is 17.4. The fourth-order valence-electron chi connectivity index (χ4n) is 2.24. The molecule has 0 radical (unpaired) electrons. The Morgan fingerprint density at radius 1 is 1.22 bits per heavy atom. The first-order valence-electron chi connectivity index (χ1n) is 8.00. The second-order valence-corrected chi connectivity index (χ2v) is 6.80. The molecule has 1 saturated heterocycles. The molecule has 2 rings (SSSR count). The third-order valence-corrected chi connectivity index (χ3v) is 3.77. The maximum atomic E-state index is 12.2. The van der Waals surface area contributed by atoms with Crippen molar-refractivity contribution in [2.24, 2.45) is 5.41 Å². The zero-order chi connectivity index (χ0) is 16.9. The quantitative estimate of drug-likeness (QED) is 0.844. The number of carbonyl (C=O) groups excluding carboxylic acids is 2. The molecule has 1 aromatic heterocycles. The Bertz CT molecular complexity index is 532. The first-order chi connectivity index (χ1) is 10.9. The van der Waals surface area contributed by atoms with Gasteiger partial charge in [-0.05, 0) is 38.8 Å². The van der Waals surface area contributed by atoms with Gasteiger partial charge in [0.05, 0.1) is 18.5 Å². The van der Waals surface area contributed by atoms with Crippen molar-refractivity contribution in [2.45, 2.75) is 33.6 Å². The van der Waals surface area contributed by atoms with Crippen molar-refractivity contribution >= 4 is 11.9 Å². The average Bonchev–Trinajstić information content (AvgIpc) is 2.53. The highest BCUT2D eigenvalue weighted by molar-refractivity contribution is 5.76. The van der Waals surface area contributed by atoms with Gasteiger partial charge in [-0.15, -0.1) is 5.06 Å². The maximum Gasteiger partial charge on any atom is 0.330 e. The van der Waals surface area contributed by atoms with E-state index in [1.807, 2.05) is 37.8 Å². The van der Waals surface area contributed by atoms with Gasteiger partial charge < -0.3 is 9.74 Å². The van der Waals surface area contributed by atoms with Crippen molar-refractivity contribution < 1.29 is 14.4 Å². The number of carbonyl (C=O) groups is 2. The van der Waals surface area contributed by atoms with Gasteiger partial charge in [0.2, 0.25) is 5.91 Å². The minimum atomic E-state index is -0.517. The van der Waals surface area contributed by atoms with Crippen molar-refractivity contribution in [1.29, 1.82) is 0 Å². The number of piperazine rings is 1. The molecule has 1 fully saturated rings. The van der Waals surface area contributed by atoms with Gasteiger partial charge in [-0.25, -0.2) is 4.79 Å². The minimum Gasteiger partial charge on any atom is -0.367 e. The normalized spacial score (nSPS) is 16.2. The molecule has 6 heteroatoms. The van der Waals surface area contributed by atoms with Gasteiger partial charge in [0.15, 0.2) is 0 Å². The zero-order valence-corrected chi connectivity index (χ0v) is 14.1. The van der Waals surface area contributed by atoms with Gasteiger partial charge in [-0.3, -0.25) is 9.78 Å². The monoisotopic (exact) mass is 319 g/mol. The molecule has 0 unspecified atom stereocenters. The topological polar surface area (TPSA) is 62.7 Å². The van der Waals surface area contributed by atoms with Gasteiger partial charge in [0.25, 0.3) is 0 Å². The van der Waals surface area contributed by atoms with Crippen molar-refractivity contribution in [3.8, 4) is 0 Å². The fraction of sp³-hybridized carbons (Fsp3) is 0.588. The van der Waals surface area contributed by atoms with Crippen LogP contribution in [0.15, 0.2) is 24.5 Å². The predicted octanol–water partition coefficient (Wildman–Crippen LogP) is 1.66. The molecule has 0 aromatic carbocycles. The third-order valence-electron chi connectivity index (χ3n) is 3.77. The second kappa shape index (κ2) is 7.55. The largest absolute Gasteiger partial charge is 0.367 e. The summed E-state index contributed by atoms with van der Waals surface area (Å²) < 4.78 is 0. The van der Waals surface area contributed by atoms with Crippen LogP contribution in [-0.2, 0) is 20.8 Å². The molecule has 0 atom stereocenters. The Balaban J connectivity index is 1.73. The summed E-state index contributed by atoms with van der Waals surface area (Å²) in [6.45, 7) is 7.77. The summed E-state index contributed by atoms with van der Waals surface area (Å²) >= 11 is 0. The molecular formula is C17H25N3O3. The van der Waals surface area contributed by atoms with E-state index in [2.05, 4.69) is 4.98 Å². The van der Waals surface area contributed by atoms with E-state index in [1.54, 1.807) is 17.5 Å². The summed E-state index contributed by atoms with van der Waals surface area (Å²) in [6.07, 6.45) is 4.69. The van der Waals surface area contributed by atoms with Gasteiger partial charge in [-0.2, -0.15) is 0 Å². The van der Waals surface area contributed by atoms with E-state index in [4.69, 9.17) is 4.84 Å². The van der Waals surface area contributed by atoms with E-state index in [0.717, 1.165) is 5.56 Å². The van der Waals surface area contributed by atoms with Crippen molar-refractivity contribution in [3.63, 3.8) is 0 Å². The lowest BCUT2D eigenvalue weighted by molar-refractivity contribution is -0.207. The molecule has 23 heavy (non-hydrogen) atoms. The lowest BCUT2D eigenvalue weighted by Crippen LogP contribution is -2.50. The van der Waals surface area contributed by atoms with Crippen LogP contribution in [0.4, 0.5) is 0 Å².